The Morgan fingerprint density at radius 1 is 1.17 bits per heavy atom. The molecule has 0 N–H and O–H groups in total. The van der Waals surface area contributed by atoms with Crippen LogP contribution in [0.25, 0.3) is 21.5 Å². The number of Topliss-reactive ketones (excluding diaryl/α,β-unsaturated/α-hetero) is 1. The highest BCUT2D eigenvalue weighted by atomic mass is 32.2. The van der Waals surface area contributed by atoms with E-state index >= 15 is 0 Å². The average Bonchev–Trinajstić information content (AvgIpc) is 3.29. The number of rotatable bonds is 5. The minimum absolute atomic E-state index is 0.0682. The Morgan fingerprint density at radius 2 is 2.08 bits per heavy atom. The van der Waals surface area contributed by atoms with E-state index in [1.54, 1.807) is 23.6 Å². The number of benzene rings is 1. The number of hydrogen-bond acceptors (Lipinski definition) is 6. The lowest BCUT2D eigenvalue weighted by Gasteiger charge is -2.01. The highest BCUT2D eigenvalue weighted by Gasteiger charge is 2.13. The van der Waals surface area contributed by atoms with Gasteiger partial charge in [-0.3, -0.25) is 4.79 Å². The van der Waals surface area contributed by atoms with Crippen LogP contribution < -0.4 is 0 Å². The zero-order chi connectivity index (χ0) is 16.4. The molecule has 0 unspecified atom stereocenters. The number of fused-ring (bicyclic) bond motifs is 1. The first-order chi connectivity index (χ1) is 11.8. The van der Waals surface area contributed by atoms with Crippen LogP contribution in [0.2, 0.25) is 0 Å². The van der Waals surface area contributed by atoms with Crippen molar-refractivity contribution in [2.24, 2.45) is 0 Å². The Kier molecular flexibility index (Phi) is 4.15. The van der Waals surface area contributed by atoms with Crippen molar-refractivity contribution in [1.29, 1.82) is 0 Å². The van der Waals surface area contributed by atoms with E-state index in [4.69, 9.17) is 4.42 Å². The molecular weight excluding hydrogens is 340 g/mol. The Morgan fingerprint density at radius 3 is 2.92 bits per heavy atom. The maximum absolute atomic E-state index is 12.3. The standard InChI is InChI=1S/C18H12N2O2S2/c21-14(16-10-12-4-1-2-5-15(12)22-16)11-24-18-19-8-7-13(20-18)17-6-3-9-23-17/h1-10H,11H2. The minimum atomic E-state index is -0.0682. The smallest absolute Gasteiger partial charge is 0.208 e. The molecule has 0 spiro atoms. The summed E-state index contributed by atoms with van der Waals surface area (Å²) in [7, 11) is 0. The molecule has 0 radical (unpaired) electrons. The fourth-order valence-corrected chi connectivity index (χ4v) is 3.69. The second kappa shape index (κ2) is 6.59. The fourth-order valence-electron chi connectivity index (χ4n) is 2.29. The van der Waals surface area contributed by atoms with Crippen LogP contribution in [0.1, 0.15) is 10.6 Å². The highest BCUT2D eigenvalue weighted by Crippen LogP contribution is 2.25. The maximum Gasteiger partial charge on any atom is 0.208 e. The van der Waals surface area contributed by atoms with Crippen LogP contribution in [0.5, 0.6) is 0 Å². The lowest BCUT2D eigenvalue weighted by molar-refractivity contribution is 0.0994. The van der Waals surface area contributed by atoms with E-state index in [0.717, 1.165) is 21.5 Å². The average molecular weight is 352 g/mol. The topological polar surface area (TPSA) is 56.0 Å². The van der Waals surface area contributed by atoms with Crippen molar-refractivity contribution in [1.82, 2.24) is 9.97 Å². The van der Waals surface area contributed by atoms with Crippen molar-refractivity contribution in [2.45, 2.75) is 5.16 Å². The summed E-state index contributed by atoms with van der Waals surface area (Å²) in [6.45, 7) is 0. The summed E-state index contributed by atoms with van der Waals surface area (Å²) in [5.41, 5.74) is 1.60. The van der Waals surface area contributed by atoms with E-state index in [-0.39, 0.29) is 11.5 Å². The van der Waals surface area contributed by atoms with Gasteiger partial charge in [0, 0.05) is 11.6 Å². The van der Waals surface area contributed by atoms with Crippen molar-refractivity contribution in [2.75, 3.05) is 5.75 Å². The first-order valence-electron chi connectivity index (χ1n) is 7.31. The molecule has 6 heteroatoms. The van der Waals surface area contributed by atoms with Gasteiger partial charge < -0.3 is 4.42 Å². The Bertz CT molecular complexity index is 960. The summed E-state index contributed by atoms with van der Waals surface area (Å²) in [6.07, 6.45) is 1.72. The third-order valence-electron chi connectivity index (χ3n) is 3.44. The van der Waals surface area contributed by atoms with Crippen molar-refractivity contribution >= 4 is 39.9 Å². The number of nitrogens with zero attached hydrogens (tertiary/aromatic N) is 2. The number of thioether (sulfide) groups is 1. The van der Waals surface area contributed by atoms with Gasteiger partial charge in [-0.1, -0.05) is 36.0 Å². The predicted molar refractivity (Wildman–Crippen MR) is 96.6 cm³/mol. The normalized spacial score (nSPS) is 11.0. The van der Waals surface area contributed by atoms with Crippen molar-refractivity contribution < 1.29 is 9.21 Å². The molecule has 0 atom stereocenters. The third-order valence-corrected chi connectivity index (χ3v) is 5.19. The van der Waals surface area contributed by atoms with E-state index in [0.29, 0.717) is 10.9 Å². The zero-order valence-corrected chi connectivity index (χ0v) is 14.1. The molecule has 3 aromatic heterocycles. The van der Waals surface area contributed by atoms with Gasteiger partial charge in [-0.15, -0.1) is 11.3 Å². The van der Waals surface area contributed by atoms with Gasteiger partial charge in [0.05, 0.1) is 16.3 Å². The van der Waals surface area contributed by atoms with Gasteiger partial charge in [-0.2, -0.15) is 0 Å². The van der Waals surface area contributed by atoms with E-state index in [9.17, 15) is 4.79 Å². The van der Waals surface area contributed by atoms with Gasteiger partial charge in [0.1, 0.15) is 5.58 Å². The highest BCUT2D eigenvalue weighted by molar-refractivity contribution is 7.99. The Hall–Kier alpha value is -2.44. The molecule has 0 fully saturated rings. The van der Waals surface area contributed by atoms with Crippen LogP contribution in [0.4, 0.5) is 0 Å². The van der Waals surface area contributed by atoms with Crippen LogP contribution in [0.3, 0.4) is 0 Å². The Labute approximate surface area is 146 Å². The lowest BCUT2D eigenvalue weighted by Crippen LogP contribution is -2.01. The number of hydrogen-bond donors (Lipinski definition) is 0. The van der Waals surface area contributed by atoms with Crippen LogP contribution in [-0.2, 0) is 0 Å². The molecule has 118 valence electrons. The summed E-state index contributed by atoms with van der Waals surface area (Å²) in [4.78, 5) is 22.2. The van der Waals surface area contributed by atoms with E-state index in [1.807, 2.05) is 47.8 Å². The van der Waals surface area contributed by atoms with Gasteiger partial charge >= 0.3 is 0 Å². The molecule has 3 heterocycles. The molecule has 24 heavy (non-hydrogen) atoms. The molecular formula is C18H12N2O2S2. The van der Waals surface area contributed by atoms with E-state index in [1.165, 1.54) is 11.8 Å². The van der Waals surface area contributed by atoms with Gasteiger partial charge in [0.2, 0.25) is 5.78 Å². The first-order valence-corrected chi connectivity index (χ1v) is 9.17. The number of para-hydroxylation sites is 1. The summed E-state index contributed by atoms with van der Waals surface area (Å²) < 4.78 is 5.60. The molecule has 0 bridgehead atoms. The molecule has 4 rings (SSSR count). The second-order valence-corrected chi connectivity index (χ2v) is 6.95. The summed E-state index contributed by atoms with van der Waals surface area (Å²) in [5, 5.41) is 3.53. The quantitative estimate of drug-likeness (QED) is 0.290. The number of aromatic nitrogens is 2. The maximum atomic E-state index is 12.3. The molecule has 4 nitrogen and oxygen atoms in total. The molecule has 4 aromatic rings. The minimum Gasteiger partial charge on any atom is -0.453 e. The Balaban J connectivity index is 1.48. The molecule has 0 aliphatic heterocycles. The molecule has 0 aliphatic rings. The van der Waals surface area contributed by atoms with Gasteiger partial charge in [0.25, 0.3) is 0 Å². The largest absolute Gasteiger partial charge is 0.453 e. The summed E-state index contributed by atoms with van der Waals surface area (Å²) in [5.74, 6) is 0.549. The van der Waals surface area contributed by atoms with Crippen molar-refractivity contribution in [3.8, 4) is 10.6 Å². The predicted octanol–water partition coefficient (Wildman–Crippen LogP) is 4.93. The molecule has 1 aromatic carbocycles. The molecule has 0 amide bonds. The summed E-state index contributed by atoms with van der Waals surface area (Å²) >= 11 is 2.94. The number of carbonyl (C=O) groups is 1. The van der Waals surface area contributed by atoms with E-state index < -0.39 is 0 Å². The van der Waals surface area contributed by atoms with Crippen LogP contribution >= 0.6 is 23.1 Å². The van der Waals surface area contributed by atoms with E-state index in [2.05, 4.69) is 9.97 Å². The van der Waals surface area contributed by atoms with Crippen LogP contribution in [0.15, 0.2) is 69.7 Å². The van der Waals surface area contributed by atoms with Gasteiger partial charge in [0.15, 0.2) is 10.9 Å². The SMILES string of the molecule is O=C(CSc1nccc(-c2cccs2)n1)c1cc2ccccc2o1. The number of furan rings is 1. The van der Waals surface area contributed by atoms with Crippen molar-refractivity contribution in [3.05, 3.63) is 65.9 Å². The number of ketones is 1. The third kappa shape index (κ3) is 3.11. The summed E-state index contributed by atoms with van der Waals surface area (Å²) in [6, 6.07) is 15.2. The number of carbonyl (C=O) groups excluding carboxylic acids is 1. The van der Waals surface area contributed by atoms with Crippen molar-refractivity contribution in [3.63, 3.8) is 0 Å². The fraction of sp³-hybridized carbons (Fsp3) is 0.0556. The van der Waals surface area contributed by atoms with Crippen LogP contribution in [0, 0.1) is 0 Å². The first kappa shape index (κ1) is 15.1. The monoisotopic (exact) mass is 352 g/mol. The number of thiophene rings is 1. The second-order valence-electron chi connectivity index (χ2n) is 5.06. The van der Waals surface area contributed by atoms with Gasteiger partial charge in [-0.25, -0.2) is 9.97 Å². The molecule has 0 saturated heterocycles. The van der Waals surface area contributed by atoms with Crippen LogP contribution in [-0.4, -0.2) is 21.5 Å². The van der Waals surface area contributed by atoms with Gasteiger partial charge in [-0.05, 0) is 29.6 Å². The lowest BCUT2D eigenvalue weighted by atomic mass is 10.2. The molecule has 0 aliphatic carbocycles. The molecule has 0 saturated carbocycles. The zero-order valence-electron chi connectivity index (χ0n) is 12.5.